The predicted octanol–water partition coefficient (Wildman–Crippen LogP) is 11.6. The second kappa shape index (κ2) is 9.30. The third-order valence-corrected chi connectivity index (χ3v) is 9.74. The van der Waals surface area contributed by atoms with Crippen molar-refractivity contribution in [2.24, 2.45) is 0 Å². The molecule has 0 unspecified atom stereocenters. The lowest BCUT2D eigenvalue weighted by Gasteiger charge is -2.23. The average Bonchev–Trinajstić information content (AvgIpc) is 3.54. The highest BCUT2D eigenvalue weighted by molar-refractivity contribution is 6.22. The summed E-state index contributed by atoms with van der Waals surface area (Å²) in [6.07, 6.45) is 0. The molecule has 9 rings (SSSR count). The Morgan fingerprint density at radius 3 is 1.77 bits per heavy atom. The molecule has 0 saturated heterocycles. The van der Waals surface area contributed by atoms with Crippen molar-refractivity contribution in [3.05, 3.63) is 163 Å². The van der Waals surface area contributed by atoms with Gasteiger partial charge in [0, 0.05) is 21.9 Å². The van der Waals surface area contributed by atoms with E-state index >= 15 is 0 Å². The minimum absolute atomic E-state index is 0.0634. The van der Waals surface area contributed by atoms with E-state index in [1.54, 1.807) is 0 Å². The normalized spacial score (nSPS) is 13.4. The van der Waals surface area contributed by atoms with Gasteiger partial charge in [0.05, 0.1) is 11.0 Å². The lowest BCUT2D eigenvalue weighted by Crippen LogP contribution is -2.15. The summed E-state index contributed by atoms with van der Waals surface area (Å²) in [5.41, 5.74) is 14.0. The fourth-order valence-electron chi connectivity index (χ4n) is 7.78. The summed E-state index contributed by atoms with van der Waals surface area (Å²) < 4.78 is 2.47. The van der Waals surface area contributed by atoms with Crippen LogP contribution < -0.4 is 0 Å². The van der Waals surface area contributed by atoms with E-state index in [2.05, 4.69) is 170 Å². The first kappa shape index (κ1) is 25.1. The number of rotatable bonds is 3. The highest BCUT2D eigenvalue weighted by Crippen LogP contribution is 2.52. The summed E-state index contributed by atoms with van der Waals surface area (Å²) >= 11 is 0. The van der Waals surface area contributed by atoms with Gasteiger partial charge in [-0.2, -0.15) is 0 Å². The average molecular weight is 562 g/mol. The highest BCUT2D eigenvalue weighted by atomic mass is 15.0. The van der Waals surface area contributed by atoms with Crippen LogP contribution in [0.4, 0.5) is 0 Å². The molecule has 0 radical (unpaired) electrons. The molecular formula is C43H31N. The summed E-state index contributed by atoms with van der Waals surface area (Å²) in [4.78, 5) is 0. The predicted molar refractivity (Wildman–Crippen MR) is 187 cm³/mol. The maximum atomic E-state index is 2.47. The van der Waals surface area contributed by atoms with Gasteiger partial charge in [-0.25, -0.2) is 0 Å². The van der Waals surface area contributed by atoms with E-state index in [-0.39, 0.29) is 5.41 Å². The molecule has 0 saturated carbocycles. The van der Waals surface area contributed by atoms with Crippen LogP contribution in [-0.4, -0.2) is 4.57 Å². The molecule has 1 heteroatoms. The monoisotopic (exact) mass is 561 g/mol. The first-order valence-corrected chi connectivity index (χ1v) is 15.5. The Bertz CT molecular complexity index is 2330. The standard InChI is InChI=1S/C43H31N/c1-43(2)38-19-11-9-17-33(38)35-22-21-34-36(42(35)43)23-24-40-41(34)37-18-10-12-20-39(37)44(40)32-26-30(28-13-5-3-6-14-28)25-31(27-32)29-15-7-4-8-16-29/h3-27H,1-2H3. The van der Waals surface area contributed by atoms with Gasteiger partial charge in [0.15, 0.2) is 0 Å². The minimum Gasteiger partial charge on any atom is -0.309 e. The fourth-order valence-corrected chi connectivity index (χ4v) is 7.78. The topological polar surface area (TPSA) is 4.93 Å². The molecule has 1 aromatic heterocycles. The van der Waals surface area contributed by atoms with Gasteiger partial charge in [0.25, 0.3) is 0 Å². The van der Waals surface area contributed by atoms with E-state index in [1.807, 2.05) is 0 Å². The van der Waals surface area contributed by atoms with Gasteiger partial charge in [-0.3, -0.25) is 0 Å². The third-order valence-electron chi connectivity index (χ3n) is 9.74. The molecule has 0 amide bonds. The molecule has 1 aliphatic rings. The Morgan fingerprint density at radius 2 is 1.05 bits per heavy atom. The number of nitrogens with zero attached hydrogens (tertiary/aromatic N) is 1. The largest absolute Gasteiger partial charge is 0.309 e. The zero-order valence-corrected chi connectivity index (χ0v) is 24.9. The Balaban J connectivity index is 1.36. The first-order valence-electron chi connectivity index (χ1n) is 15.5. The van der Waals surface area contributed by atoms with Crippen LogP contribution in [-0.2, 0) is 5.41 Å². The summed E-state index contributed by atoms with van der Waals surface area (Å²) in [5.74, 6) is 0. The van der Waals surface area contributed by atoms with Gasteiger partial charge in [0.1, 0.15) is 0 Å². The van der Waals surface area contributed by atoms with Gasteiger partial charge in [-0.05, 0) is 85.6 Å². The van der Waals surface area contributed by atoms with Crippen LogP contribution in [0.25, 0.3) is 71.6 Å². The van der Waals surface area contributed by atoms with Crippen LogP contribution in [0, 0.1) is 0 Å². The summed E-state index contributed by atoms with van der Waals surface area (Å²) in [7, 11) is 0. The van der Waals surface area contributed by atoms with E-state index in [4.69, 9.17) is 0 Å². The zero-order chi connectivity index (χ0) is 29.4. The van der Waals surface area contributed by atoms with Gasteiger partial charge < -0.3 is 4.57 Å². The van der Waals surface area contributed by atoms with E-state index < -0.39 is 0 Å². The van der Waals surface area contributed by atoms with E-state index in [1.165, 1.54) is 82.8 Å². The van der Waals surface area contributed by atoms with Crippen molar-refractivity contribution in [2.75, 3.05) is 0 Å². The zero-order valence-electron chi connectivity index (χ0n) is 24.9. The van der Waals surface area contributed by atoms with Crippen LogP contribution >= 0.6 is 0 Å². The van der Waals surface area contributed by atoms with Crippen LogP contribution in [0.15, 0.2) is 152 Å². The van der Waals surface area contributed by atoms with Crippen LogP contribution in [0.2, 0.25) is 0 Å². The number of fused-ring (bicyclic) bond motifs is 9. The molecule has 1 heterocycles. The van der Waals surface area contributed by atoms with Crippen molar-refractivity contribution >= 4 is 32.6 Å². The first-order chi connectivity index (χ1) is 21.6. The Morgan fingerprint density at radius 1 is 0.432 bits per heavy atom. The molecule has 44 heavy (non-hydrogen) atoms. The SMILES string of the molecule is CC1(C)c2ccccc2-c2ccc3c(ccc4c3c3ccccc3n4-c3cc(-c4ccccc4)cc(-c4ccccc4)c3)c21. The van der Waals surface area contributed by atoms with Crippen molar-refractivity contribution < 1.29 is 0 Å². The second-order valence-electron chi connectivity index (χ2n) is 12.6. The second-order valence-corrected chi connectivity index (χ2v) is 12.6. The number of para-hydroxylation sites is 1. The molecule has 0 aliphatic heterocycles. The summed E-state index contributed by atoms with van der Waals surface area (Å²) in [6, 6.07) is 55.7. The van der Waals surface area contributed by atoms with Crippen molar-refractivity contribution in [1.82, 2.24) is 4.57 Å². The van der Waals surface area contributed by atoms with Gasteiger partial charge in [0.2, 0.25) is 0 Å². The fraction of sp³-hybridized carbons (Fsp3) is 0.0698. The lowest BCUT2D eigenvalue weighted by molar-refractivity contribution is 0.666. The molecule has 0 bridgehead atoms. The Hall–Kier alpha value is -5.40. The summed E-state index contributed by atoms with van der Waals surface area (Å²) in [6.45, 7) is 4.76. The van der Waals surface area contributed by atoms with Crippen molar-refractivity contribution in [3.8, 4) is 39.1 Å². The highest BCUT2D eigenvalue weighted by Gasteiger charge is 2.36. The number of hydrogen-bond donors (Lipinski definition) is 0. The lowest BCUT2D eigenvalue weighted by atomic mass is 9.80. The van der Waals surface area contributed by atoms with Crippen LogP contribution in [0.1, 0.15) is 25.0 Å². The molecule has 208 valence electrons. The van der Waals surface area contributed by atoms with Crippen molar-refractivity contribution in [3.63, 3.8) is 0 Å². The van der Waals surface area contributed by atoms with Crippen LogP contribution in [0.3, 0.4) is 0 Å². The Kier molecular flexibility index (Phi) is 5.31. The molecule has 1 nitrogen and oxygen atoms in total. The number of benzene rings is 7. The van der Waals surface area contributed by atoms with Crippen molar-refractivity contribution in [1.29, 1.82) is 0 Å². The summed E-state index contributed by atoms with van der Waals surface area (Å²) in [5, 5.41) is 5.27. The van der Waals surface area contributed by atoms with Gasteiger partial charge >= 0.3 is 0 Å². The quantitative estimate of drug-likeness (QED) is 0.202. The van der Waals surface area contributed by atoms with E-state index in [0.717, 1.165) is 0 Å². The number of aromatic nitrogens is 1. The minimum atomic E-state index is -0.0634. The molecule has 0 N–H and O–H groups in total. The van der Waals surface area contributed by atoms with Crippen LogP contribution in [0.5, 0.6) is 0 Å². The van der Waals surface area contributed by atoms with E-state index in [0.29, 0.717) is 0 Å². The number of hydrogen-bond acceptors (Lipinski definition) is 0. The molecule has 0 fully saturated rings. The molecule has 7 aromatic carbocycles. The van der Waals surface area contributed by atoms with Gasteiger partial charge in [-0.15, -0.1) is 0 Å². The Labute approximate surface area is 257 Å². The maximum Gasteiger partial charge on any atom is 0.0547 e. The van der Waals surface area contributed by atoms with E-state index in [9.17, 15) is 0 Å². The van der Waals surface area contributed by atoms with Crippen molar-refractivity contribution in [2.45, 2.75) is 19.3 Å². The third kappa shape index (κ3) is 3.53. The smallest absolute Gasteiger partial charge is 0.0547 e. The molecule has 0 spiro atoms. The molecule has 0 atom stereocenters. The molecule has 1 aliphatic carbocycles. The van der Waals surface area contributed by atoms with Gasteiger partial charge in [-0.1, -0.05) is 135 Å². The molecule has 8 aromatic rings. The molecular weight excluding hydrogens is 530 g/mol. The maximum absolute atomic E-state index is 2.47.